The molecular formula is C12H17N3O5S. The number of nitro benzene ring substituents is 1. The van der Waals surface area contributed by atoms with Gasteiger partial charge in [0.25, 0.3) is 5.69 Å². The SMILES string of the molecule is CNc1ccc([N+](=O)[O-])c(S(=O)(=O)NC2(C)CCOC2)c1. The quantitative estimate of drug-likeness (QED) is 0.621. The first-order chi connectivity index (χ1) is 9.77. The summed E-state index contributed by atoms with van der Waals surface area (Å²) in [5.74, 6) is 0. The molecule has 1 atom stereocenters. The number of anilines is 1. The van der Waals surface area contributed by atoms with Crippen LogP contribution in [-0.4, -0.2) is 39.1 Å². The van der Waals surface area contributed by atoms with Gasteiger partial charge in [0.1, 0.15) is 0 Å². The molecule has 0 saturated carbocycles. The van der Waals surface area contributed by atoms with Crippen molar-refractivity contribution in [2.75, 3.05) is 25.6 Å². The first kappa shape index (κ1) is 15.7. The standard InChI is InChI=1S/C12H17N3O5S/c1-12(5-6-20-8-12)14-21(18,19)11-7-9(13-2)3-4-10(11)15(16)17/h3-4,7,13-14H,5-6,8H2,1-2H3. The lowest BCUT2D eigenvalue weighted by Crippen LogP contribution is -2.46. The van der Waals surface area contributed by atoms with Gasteiger partial charge in [0.2, 0.25) is 10.0 Å². The Bertz CT molecular complexity index is 653. The van der Waals surface area contributed by atoms with Crippen molar-refractivity contribution in [2.24, 2.45) is 0 Å². The van der Waals surface area contributed by atoms with Crippen molar-refractivity contribution in [3.05, 3.63) is 28.3 Å². The molecule has 1 aromatic rings. The molecule has 0 aliphatic carbocycles. The van der Waals surface area contributed by atoms with Crippen LogP contribution in [0.5, 0.6) is 0 Å². The molecule has 0 aromatic heterocycles. The maximum absolute atomic E-state index is 12.5. The number of benzene rings is 1. The van der Waals surface area contributed by atoms with Crippen molar-refractivity contribution in [1.29, 1.82) is 0 Å². The van der Waals surface area contributed by atoms with Gasteiger partial charge in [-0.1, -0.05) is 0 Å². The van der Waals surface area contributed by atoms with Crippen LogP contribution in [0, 0.1) is 10.1 Å². The van der Waals surface area contributed by atoms with Crippen LogP contribution < -0.4 is 10.0 Å². The minimum Gasteiger partial charge on any atom is -0.388 e. The second-order valence-electron chi connectivity index (χ2n) is 5.16. The van der Waals surface area contributed by atoms with Crippen LogP contribution in [0.15, 0.2) is 23.1 Å². The predicted molar refractivity (Wildman–Crippen MR) is 76.8 cm³/mol. The van der Waals surface area contributed by atoms with E-state index in [4.69, 9.17) is 4.74 Å². The summed E-state index contributed by atoms with van der Waals surface area (Å²) in [5, 5.41) is 13.8. The molecule has 116 valence electrons. The highest BCUT2D eigenvalue weighted by Gasteiger charge is 2.37. The molecule has 0 spiro atoms. The number of hydrogen-bond donors (Lipinski definition) is 2. The molecule has 8 nitrogen and oxygen atoms in total. The lowest BCUT2D eigenvalue weighted by molar-refractivity contribution is -0.387. The van der Waals surface area contributed by atoms with Crippen molar-refractivity contribution in [1.82, 2.24) is 4.72 Å². The van der Waals surface area contributed by atoms with Crippen LogP contribution in [0.4, 0.5) is 11.4 Å². The molecular weight excluding hydrogens is 298 g/mol. The van der Waals surface area contributed by atoms with E-state index in [0.717, 1.165) is 0 Å². The lowest BCUT2D eigenvalue weighted by atomic mass is 10.0. The minimum absolute atomic E-state index is 0.242. The molecule has 9 heteroatoms. The van der Waals surface area contributed by atoms with Crippen LogP contribution in [0.1, 0.15) is 13.3 Å². The average molecular weight is 315 g/mol. The zero-order chi connectivity index (χ0) is 15.7. The second kappa shape index (κ2) is 5.58. The van der Waals surface area contributed by atoms with Gasteiger partial charge in [-0.3, -0.25) is 10.1 Å². The van der Waals surface area contributed by atoms with E-state index in [1.807, 2.05) is 0 Å². The number of ether oxygens (including phenoxy) is 1. The largest absolute Gasteiger partial charge is 0.388 e. The number of hydrogen-bond acceptors (Lipinski definition) is 6. The summed E-state index contributed by atoms with van der Waals surface area (Å²) in [6, 6.07) is 3.88. The number of rotatable bonds is 5. The number of nitrogens with one attached hydrogen (secondary N) is 2. The Morgan fingerprint density at radius 1 is 1.43 bits per heavy atom. The fourth-order valence-electron chi connectivity index (χ4n) is 2.16. The summed E-state index contributed by atoms with van der Waals surface area (Å²) >= 11 is 0. The molecule has 2 N–H and O–H groups in total. The topological polar surface area (TPSA) is 111 Å². The van der Waals surface area contributed by atoms with Crippen LogP contribution in [-0.2, 0) is 14.8 Å². The normalized spacial score (nSPS) is 22.2. The highest BCUT2D eigenvalue weighted by atomic mass is 32.2. The van der Waals surface area contributed by atoms with Gasteiger partial charge in [0.05, 0.1) is 17.1 Å². The zero-order valence-electron chi connectivity index (χ0n) is 11.8. The summed E-state index contributed by atoms with van der Waals surface area (Å²) in [5.41, 5.74) is -0.722. The molecule has 0 radical (unpaired) electrons. The smallest absolute Gasteiger partial charge is 0.289 e. The third-order valence-corrected chi connectivity index (χ3v) is 5.00. The van der Waals surface area contributed by atoms with Gasteiger partial charge in [-0.25, -0.2) is 13.1 Å². The molecule has 1 aromatic carbocycles. The fraction of sp³-hybridized carbons (Fsp3) is 0.500. The van der Waals surface area contributed by atoms with Crippen LogP contribution in [0.2, 0.25) is 0 Å². The number of sulfonamides is 1. The molecule has 1 aliphatic rings. The second-order valence-corrected chi connectivity index (χ2v) is 6.81. The molecule has 1 aliphatic heterocycles. The first-order valence-corrected chi connectivity index (χ1v) is 7.84. The van der Waals surface area contributed by atoms with Gasteiger partial charge < -0.3 is 10.1 Å². The Balaban J connectivity index is 2.45. The molecule has 2 rings (SSSR count). The molecule has 0 bridgehead atoms. The Kier molecular flexibility index (Phi) is 4.17. The van der Waals surface area contributed by atoms with E-state index in [1.165, 1.54) is 18.2 Å². The Labute approximate surface area is 122 Å². The summed E-state index contributed by atoms with van der Waals surface area (Å²) in [6.45, 7) is 2.41. The van der Waals surface area contributed by atoms with Crippen LogP contribution in [0.3, 0.4) is 0 Å². The monoisotopic (exact) mass is 315 g/mol. The van der Waals surface area contributed by atoms with Gasteiger partial charge in [0, 0.05) is 25.4 Å². The minimum atomic E-state index is -4.02. The van der Waals surface area contributed by atoms with E-state index in [-0.39, 0.29) is 11.5 Å². The van der Waals surface area contributed by atoms with Crippen molar-refractivity contribution in [3.8, 4) is 0 Å². The first-order valence-electron chi connectivity index (χ1n) is 6.35. The van der Waals surface area contributed by atoms with Gasteiger partial charge in [-0.05, 0) is 25.5 Å². The van der Waals surface area contributed by atoms with E-state index in [2.05, 4.69) is 10.0 Å². The summed E-state index contributed by atoms with van der Waals surface area (Å²) < 4.78 is 32.7. The molecule has 1 unspecified atom stereocenters. The summed E-state index contributed by atoms with van der Waals surface area (Å²) in [4.78, 5) is 9.99. The maximum Gasteiger partial charge on any atom is 0.289 e. The Hall–Kier alpha value is -1.71. The molecule has 0 amide bonds. The molecule has 21 heavy (non-hydrogen) atoms. The van der Waals surface area contributed by atoms with Gasteiger partial charge in [-0.15, -0.1) is 0 Å². The van der Waals surface area contributed by atoms with Gasteiger partial charge in [-0.2, -0.15) is 0 Å². The lowest BCUT2D eigenvalue weighted by Gasteiger charge is -2.23. The molecule has 1 saturated heterocycles. The Morgan fingerprint density at radius 3 is 2.67 bits per heavy atom. The highest BCUT2D eigenvalue weighted by Crippen LogP contribution is 2.29. The number of nitro groups is 1. The van der Waals surface area contributed by atoms with Crippen LogP contribution >= 0.6 is 0 Å². The van der Waals surface area contributed by atoms with Crippen LogP contribution in [0.25, 0.3) is 0 Å². The number of nitrogens with zero attached hydrogens (tertiary/aromatic N) is 1. The molecule has 1 fully saturated rings. The van der Waals surface area contributed by atoms with Crippen molar-refractivity contribution in [3.63, 3.8) is 0 Å². The highest BCUT2D eigenvalue weighted by molar-refractivity contribution is 7.89. The summed E-state index contributed by atoms with van der Waals surface area (Å²) in [7, 11) is -2.41. The zero-order valence-corrected chi connectivity index (χ0v) is 12.6. The van der Waals surface area contributed by atoms with E-state index < -0.39 is 26.2 Å². The third kappa shape index (κ3) is 3.31. The molecule has 1 heterocycles. The summed E-state index contributed by atoms with van der Waals surface area (Å²) in [6.07, 6.45) is 0.520. The van der Waals surface area contributed by atoms with Crippen molar-refractivity contribution < 1.29 is 18.1 Å². The average Bonchev–Trinajstić information content (AvgIpc) is 2.83. The van der Waals surface area contributed by atoms with Crippen molar-refractivity contribution >= 4 is 21.4 Å². The van der Waals surface area contributed by atoms with Crippen molar-refractivity contribution in [2.45, 2.75) is 23.8 Å². The third-order valence-electron chi connectivity index (χ3n) is 3.33. The maximum atomic E-state index is 12.5. The van der Waals surface area contributed by atoms with E-state index in [9.17, 15) is 18.5 Å². The van der Waals surface area contributed by atoms with E-state index in [1.54, 1.807) is 14.0 Å². The van der Waals surface area contributed by atoms with E-state index >= 15 is 0 Å². The predicted octanol–water partition coefficient (Wildman–Crippen LogP) is 1.09. The van der Waals surface area contributed by atoms with E-state index in [0.29, 0.717) is 18.7 Å². The fourth-order valence-corrected chi connectivity index (χ4v) is 3.78. The Morgan fingerprint density at radius 2 is 2.14 bits per heavy atom. The van der Waals surface area contributed by atoms with Gasteiger partial charge >= 0.3 is 0 Å². The van der Waals surface area contributed by atoms with Gasteiger partial charge in [0.15, 0.2) is 4.90 Å².